The number of carbonyl (C=O) groups is 1. The molecule has 0 saturated carbocycles. The lowest BCUT2D eigenvalue weighted by molar-refractivity contribution is -0.140. The summed E-state index contributed by atoms with van der Waals surface area (Å²) < 4.78 is 36.7. The van der Waals surface area contributed by atoms with Gasteiger partial charge in [0.25, 0.3) is 0 Å². The normalized spacial score (nSPS) is 11.9. The predicted molar refractivity (Wildman–Crippen MR) is 59.8 cm³/mol. The third kappa shape index (κ3) is 4.72. The highest BCUT2D eigenvalue weighted by Gasteiger charge is 2.33. The van der Waals surface area contributed by atoms with Gasteiger partial charge >= 0.3 is 6.18 Å². The largest absolute Gasteiger partial charge is 0.434 e. The van der Waals surface area contributed by atoms with Crippen LogP contribution in [0.2, 0.25) is 0 Å². The van der Waals surface area contributed by atoms with E-state index in [-0.39, 0.29) is 11.0 Å². The number of hydrogen-bond acceptors (Lipinski definition) is 3. The maximum absolute atomic E-state index is 12.2. The van der Waals surface area contributed by atoms with E-state index in [1.807, 2.05) is 13.8 Å². The van der Waals surface area contributed by atoms with E-state index in [0.29, 0.717) is 18.8 Å². The predicted octanol–water partition coefficient (Wildman–Crippen LogP) is 3.54. The van der Waals surface area contributed by atoms with Crippen LogP contribution in [0.5, 0.6) is 0 Å². The summed E-state index contributed by atoms with van der Waals surface area (Å²) in [6.07, 6.45) is -3.47. The number of hydrogen-bond donors (Lipinski definition) is 1. The van der Waals surface area contributed by atoms with Crippen LogP contribution in [0.1, 0.15) is 32.4 Å². The number of anilines is 1. The molecule has 0 aliphatic heterocycles. The monoisotopic (exact) mass is 266 g/mol. The van der Waals surface area contributed by atoms with E-state index in [1.54, 1.807) is 0 Å². The number of carbonyl (C=O) groups excluding carboxylic acids is 1. The minimum absolute atomic E-state index is 0.00826. The Labute approximate surface area is 101 Å². The zero-order chi connectivity index (χ0) is 13.1. The molecular weight excluding hydrogens is 253 g/mol. The molecule has 96 valence electrons. The van der Waals surface area contributed by atoms with Crippen LogP contribution in [-0.2, 0) is 11.0 Å². The fourth-order valence-corrected chi connectivity index (χ4v) is 1.80. The zero-order valence-corrected chi connectivity index (χ0v) is 10.3. The lowest BCUT2D eigenvalue weighted by Gasteiger charge is -2.04. The average Bonchev–Trinajstić information content (AvgIpc) is 2.62. The van der Waals surface area contributed by atoms with Gasteiger partial charge in [-0.15, -0.1) is 11.3 Å². The summed E-state index contributed by atoms with van der Waals surface area (Å²) in [6.45, 7) is 3.94. The van der Waals surface area contributed by atoms with Crippen LogP contribution in [0.3, 0.4) is 0 Å². The Morgan fingerprint density at radius 2 is 2.18 bits per heavy atom. The molecule has 0 radical (unpaired) electrons. The van der Waals surface area contributed by atoms with Crippen LogP contribution < -0.4 is 5.32 Å². The molecule has 1 N–H and O–H groups in total. The molecule has 1 aromatic rings. The van der Waals surface area contributed by atoms with Gasteiger partial charge in [0.15, 0.2) is 10.8 Å². The van der Waals surface area contributed by atoms with Crippen LogP contribution in [0.4, 0.5) is 18.3 Å². The van der Waals surface area contributed by atoms with E-state index in [2.05, 4.69) is 10.3 Å². The van der Waals surface area contributed by atoms with E-state index in [9.17, 15) is 18.0 Å². The summed E-state index contributed by atoms with van der Waals surface area (Å²) in [5, 5.41) is 3.24. The Balaban J connectivity index is 2.52. The summed E-state index contributed by atoms with van der Waals surface area (Å²) in [5.41, 5.74) is -0.971. The van der Waals surface area contributed by atoms with Crippen molar-refractivity contribution >= 4 is 22.4 Å². The molecule has 0 aromatic carbocycles. The van der Waals surface area contributed by atoms with Gasteiger partial charge in [-0.2, -0.15) is 13.2 Å². The number of nitrogens with one attached hydrogen (secondary N) is 1. The van der Waals surface area contributed by atoms with Gasteiger partial charge < -0.3 is 5.32 Å². The summed E-state index contributed by atoms with van der Waals surface area (Å²) in [7, 11) is 0. The molecule has 0 saturated heterocycles. The molecule has 1 heterocycles. The number of rotatable bonds is 4. The maximum atomic E-state index is 12.2. The molecule has 1 rings (SSSR count). The van der Waals surface area contributed by atoms with Crippen molar-refractivity contribution in [2.24, 2.45) is 5.92 Å². The van der Waals surface area contributed by atoms with Gasteiger partial charge in [-0.05, 0) is 12.3 Å². The molecule has 0 spiro atoms. The van der Waals surface area contributed by atoms with E-state index in [4.69, 9.17) is 0 Å². The smallest absolute Gasteiger partial charge is 0.302 e. The van der Waals surface area contributed by atoms with Crippen molar-refractivity contribution in [3.8, 4) is 0 Å². The Hall–Kier alpha value is -1.11. The molecule has 0 fully saturated rings. The Morgan fingerprint density at radius 3 is 2.65 bits per heavy atom. The minimum atomic E-state index is -4.46. The quantitative estimate of drug-likeness (QED) is 0.905. The SMILES string of the molecule is CC(C)CCC(=O)Nc1nc(C(F)(F)F)cs1. The number of halogens is 3. The molecule has 1 amide bonds. The van der Waals surface area contributed by atoms with Crippen molar-refractivity contribution in [3.05, 3.63) is 11.1 Å². The third-order valence-electron chi connectivity index (χ3n) is 1.99. The topological polar surface area (TPSA) is 42.0 Å². The highest BCUT2D eigenvalue weighted by Crippen LogP contribution is 2.31. The van der Waals surface area contributed by atoms with Gasteiger partial charge in [0.2, 0.25) is 5.91 Å². The average molecular weight is 266 g/mol. The Kier molecular flexibility index (Phi) is 4.50. The van der Waals surface area contributed by atoms with Crippen LogP contribution in [0.15, 0.2) is 5.38 Å². The number of alkyl halides is 3. The van der Waals surface area contributed by atoms with Crippen molar-refractivity contribution in [2.45, 2.75) is 32.9 Å². The first-order chi connectivity index (χ1) is 7.79. The fourth-order valence-electron chi connectivity index (χ4n) is 1.06. The standard InChI is InChI=1S/C10H13F3N2OS/c1-6(2)3-4-8(16)15-9-14-7(5-17-9)10(11,12)13/h5-6H,3-4H2,1-2H3,(H,14,15,16). The van der Waals surface area contributed by atoms with Crippen LogP contribution in [0, 0.1) is 5.92 Å². The van der Waals surface area contributed by atoms with E-state index in [0.717, 1.165) is 16.7 Å². The molecule has 0 aliphatic rings. The molecule has 0 atom stereocenters. The van der Waals surface area contributed by atoms with Crippen LogP contribution >= 0.6 is 11.3 Å². The van der Waals surface area contributed by atoms with E-state index >= 15 is 0 Å². The van der Waals surface area contributed by atoms with Gasteiger partial charge in [-0.1, -0.05) is 13.8 Å². The second-order valence-corrected chi connectivity index (χ2v) is 4.87. The first-order valence-corrected chi connectivity index (χ1v) is 5.99. The van der Waals surface area contributed by atoms with Crippen molar-refractivity contribution in [3.63, 3.8) is 0 Å². The van der Waals surface area contributed by atoms with Crippen molar-refractivity contribution in [1.29, 1.82) is 0 Å². The van der Waals surface area contributed by atoms with Gasteiger partial charge in [-0.3, -0.25) is 4.79 Å². The van der Waals surface area contributed by atoms with Crippen molar-refractivity contribution in [2.75, 3.05) is 5.32 Å². The van der Waals surface area contributed by atoms with Crippen molar-refractivity contribution in [1.82, 2.24) is 4.98 Å². The molecule has 0 bridgehead atoms. The van der Waals surface area contributed by atoms with E-state index < -0.39 is 11.9 Å². The van der Waals surface area contributed by atoms with Gasteiger partial charge in [0, 0.05) is 11.8 Å². The van der Waals surface area contributed by atoms with Gasteiger partial charge in [0.1, 0.15) is 0 Å². The molecule has 3 nitrogen and oxygen atoms in total. The number of nitrogens with zero attached hydrogens (tertiary/aromatic N) is 1. The Bertz CT molecular complexity index is 387. The number of thiazole rings is 1. The van der Waals surface area contributed by atoms with Gasteiger partial charge in [-0.25, -0.2) is 4.98 Å². The fraction of sp³-hybridized carbons (Fsp3) is 0.600. The highest BCUT2D eigenvalue weighted by molar-refractivity contribution is 7.13. The lowest BCUT2D eigenvalue weighted by Crippen LogP contribution is -2.12. The molecule has 0 unspecified atom stereocenters. The van der Waals surface area contributed by atoms with E-state index in [1.165, 1.54) is 0 Å². The number of amides is 1. The summed E-state index contributed by atoms with van der Waals surface area (Å²) >= 11 is 0.776. The maximum Gasteiger partial charge on any atom is 0.434 e. The Morgan fingerprint density at radius 1 is 1.53 bits per heavy atom. The summed E-state index contributed by atoms with van der Waals surface area (Å²) in [6, 6.07) is 0. The van der Waals surface area contributed by atoms with Crippen LogP contribution in [-0.4, -0.2) is 10.9 Å². The molecule has 7 heteroatoms. The first-order valence-electron chi connectivity index (χ1n) is 5.11. The lowest BCUT2D eigenvalue weighted by atomic mass is 10.1. The molecular formula is C10H13F3N2OS. The van der Waals surface area contributed by atoms with Crippen molar-refractivity contribution < 1.29 is 18.0 Å². The second kappa shape index (κ2) is 5.48. The second-order valence-electron chi connectivity index (χ2n) is 4.02. The van der Waals surface area contributed by atoms with Crippen LogP contribution in [0.25, 0.3) is 0 Å². The number of aromatic nitrogens is 1. The molecule has 1 aromatic heterocycles. The minimum Gasteiger partial charge on any atom is -0.302 e. The third-order valence-corrected chi connectivity index (χ3v) is 2.75. The zero-order valence-electron chi connectivity index (χ0n) is 9.47. The first kappa shape index (κ1) is 14.0. The molecule has 17 heavy (non-hydrogen) atoms. The molecule has 0 aliphatic carbocycles. The summed E-state index contributed by atoms with van der Waals surface area (Å²) in [4.78, 5) is 14.7. The summed E-state index contributed by atoms with van der Waals surface area (Å²) in [5.74, 6) is 0.0737. The highest BCUT2D eigenvalue weighted by atomic mass is 32.1. The van der Waals surface area contributed by atoms with Gasteiger partial charge in [0.05, 0.1) is 0 Å².